The van der Waals surface area contributed by atoms with Gasteiger partial charge in [0.1, 0.15) is 5.69 Å². The van der Waals surface area contributed by atoms with Crippen molar-refractivity contribution in [2.75, 3.05) is 11.9 Å². The summed E-state index contributed by atoms with van der Waals surface area (Å²) in [5.41, 5.74) is 0.236. The lowest BCUT2D eigenvalue weighted by molar-refractivity contribution is -0.114. The lowest BCUT2D eigenvalue weighted by Crippen LogP contribution is -2.34. The highest BCUT2D eigenvalue weighted by Gasteiger charge is 2.14. The number of aliphatic hydroxyl groups is 1. The predicted molar refractivity (Wildman–Crippen MR) is 69.6 cm³/mol. The molecular weight excluding hydrogens is 254 g/mol. The summed E-state index contributed by atoms with van der Waals surface area (Å²) in [5, 5.41) is 16.6. The Labute approximate surface area is 109 Å². The van der Waals surface area contributed by atoms with Gasteiger partial charge in [-0.2, -0.15) is 0 Å². The number of nitrogens with zero attached hydrogens (tertiary/aromatic N) is 1. The molecule has 1 aromatic heterocycles. The number of nitrogens with one attached hydrogen (secondary N) is 2. The first kappa shape index (κ1) is 14.6. The molecule has 0 aliphatic carbocycles. The lowest BCUT2D eigenvalue weighted by Gasteiger charge is -2.14. The molecule has 2 amide bonds. The van der Waals surface area contributed by atoms with E-state index in [0.29, 0.717) is 5.13 Å². The molecule has 1 aromatic rings. The number of amides is 2. The quantitative estimate of drug-likeness (QED) is 0.740. The third-order valence-corrected chi connectivity index (χ3v) is 3.02. The van der Waals surface area contributed by atoms with Crippen LogP contribution in [0.3, 0.4) is 0 Å². The van der Waals surface area contributed by atoms with E-state index in [0.717, 1.165) is 0 Å². The number of carbonyl (C=O) groups is 2. The highest BCUT2D eigenvalue weighted by molar-refractivity contribution is 7.14. The van der Waals surface area contributed by atoms with Crippen molar-refractivity contribution < 1.29 is 14.7 Å². The topological polar surface area (TPSA) is 91.3 Å². The monoisotopic (exact) mass is 271 g/mol. The van der Waals surface area contributed by atoms with Crippen LogP contribution in [0.5, 0.6) is 0 Å². The van der Waals surface area contributed by atoms with Gasteiger partial charge in [0.25, 0.3) is 5.91 Å². The minimum absolute atomic E-state index is 0.0793. The zero-order chi connectivity index (χ0) is 13.7. The first-order valence-corrected chi connectivity index (χ1v) is 6.47. The molecule has 1 atom stereocenters. The summed E-state index contributed by atoms with van der Waals surface area (Å²) in [7, 11) is 0. The molecule has 0 fully saturated rings. The standard InChI is InChI=1S/C11H17N3O3S/c1-6(2)9(16)4-12-10(17)8-5-18-11(14-8)13-7(3)15/h5-6,9,16H,4H2,1-3H3,(H,12,17)(H,13,14,15). The van der Waals surface area contributed by atoms with Crippen LogP contribution < -0.4 is 10.6 Å². The number of hydrogen-bond acceptors (Lipinski definition) is 5. The van der Waals surface area contributed by atoms with Crippen molar-refractivity contribution in [3.05, 3.63) is 11.1 Å². The molecular formula is C11H17N3O3S. The van der Waals surface area contributed by atoms with Gasteiger partial charge in [0.05, 0.1) is 6.10 Å². The van der Waals surface area contributed by atoms with Gasteiger partial charge in [0.2, 0.25) is 5.91 Å². The van der Waals surface area contributed by atoms with Crippen LogP contribution in [0.4, 0.5) is 5.13 Å². The third-order valence-electron chi connectivity index (χ3n) is 2.26. The van der Waals surface area contributed by atoms with Gasteiger partial charge >= 0.3 is 0 Å². The molecule has 0 aliphatic rings. The molecule has 0 spiro atoms. The summed E-state index contributed by atoms with van der Waals surface area (Å²) >= 11 is 1.18. The number of aliphatic hydroxyl groups excluding tert-OH is 1. The van der Waals surface area contributed by atoms with Gasteiger partial charge in [-0.3, -0.25) is 9.59 Å². The summed E-state index contributed by atoms with van der Waals surface area (Å²) in [6, 6.07) is 0. The van der Waals surface area contributed by atoms with E-state index in [9.17, 15) is 14.7 Å². The minimum atomic E-state index is -0.581. The van der Waals surface area contributed by atoms with Gasteiger partial charge in [0.15, 0.2) is 5.13 Å². The molecule has 0 saturated carbocycles. The first-order chi connectivity index (χ1) is 8.40. The number of aromatic nitrogens is 1. The van der Waals surface area contributed by atoms with Crippen LogP contribution in [-0.4, -0.2) is 34.6 Å². The fourth-order valence-electron chi connectivity index (χ4n) is 1.11. The largest absolute Gasteiger partial charge is 0.391 e. The van der Waals surface area contributed by atoms with E-state index in [-0.39, 0.29) is 30.0 Å². The summed E-state index contributed by atoms with van der Waals surface area (Å²) in [6.45, 7) is 5.30. The SMILES string of the molecule is CC(=O)Nc1nc(C(=O)NCC(O)C(C)C)cs1. The van der Waals surface area contributed by atoms with Gasteiger partial charge in [-0.15, -0.1) is 11.3 Å². The average Bonchev–Trinajstić information content (AvgIpc) is 2.72. The Bertz CT molecular complexity index is 431. The van der Waals surface area contributed by atoms with E-state index in [4.69, 9.17) is 0 Å². The molecule has 0 radical (unpaired) electrons. The van der Waals surface area contributed by atoms with Gasteiger partial charge < -0.3 is 15.7 Å². The maximum absolute atomic E-state index is 11.7. The first-order valence-electron chi connectivity index (χ1n) is 5.59. The molecule has 18 heavy (non-hydrogen) atoms. The average molecular weight is 271 g/mol. The molecule has 1 unspecified atom stereocenters. The van der Waals surface area contributed by atoms with Crippen molar-refractivity contribution in [2.45, 2.75) is 26.9 Å². The lowest BCUT2D eigenvalue weighted by atomic mass is 10.1. The van der Waals surface area contributed by atoms with Crippen molar-refractivity contribution in [2.24, 2.45) is 5.92 Å². The Morgan fingerprint density at radius 2 is 2.17 bits per heavy atom. The second kappa shape index (κ2) is 6.46. The Morgan fingerprint density at radius 3 is 2.72 bits per heavy atom. The van der Waals surface area contributed by atoms with Gasteiger partial charge in [-0.1, -0.05) is 13.8 Å². The molecule has 7 heteroatoms. The molecule has 0 saturated heterocycles. The number of rotatable bonds is 5. The van der Waals surface area contributed by atoms with Crippen molar-refractivity contribution in [3.63, 3.8) is 0 Å². The predicted octanol–water partition coefficient (Wildman–Crippen LogP) is 0.848. The smallest absolute Gasteiger partial charge is 0.270 e. The maximum atomic E-state index is 11.7. The summed E-state index contributed by atoms with van der Waals surface area (Å²) in [5.74, 6) is -0.509. The van der Waals surface area contributed by atoms with Crippen molar-refractivity contribution >= 4 is 28.3 Å². The molecule has 0 aliphatic heterocycles. The van der Waals surface area contributed by atoms with Gasteiger partial charge in [0, 0.05) is 18.8 Å². The van der Waals surface area contributed by atoms with E-state index in [1.54, 1.807) is 5.38 Å². The Kier molecular flexibility index (Phi) is 5.24. The van der Waals surface area contributed by atoms with Crippen molar-refractivity contribution in [3.8, 4) is 0 Å². The molecule has 1 heterocycles. The van der Waals surface area contributed by atoms with Crippen molar-refractivity contribution in [1.82, 2.24) is 10.3 Å². The minimum Gasteiger partial charge on any atom is -0.391 e. The molecule has 6 nitrogen and oxygen atoms in total. The number of carbonyl (C=O) groups excluding carboxylic acids is 2. The van der Waals surface area contributed by atoms with Crippen LogP contribution in [-0.2, 0) is 4.79 Å². The Balaban J connectivity index is 2.51. The third kappa shape index (κ3) is 4.42. The normalized spacial score (nSPS) is 12.3. The fraction of sp³-hybridized carbons (Fsp3) is 0.545. The van der Waals surface area contributed by atoms with E-state index in [1.807, 2.05) is 13.8 Å². The zero-order valence-corrected chi connectivity index (χ0v) is 11.4. The van der Waals surface area contributed by atoms with E-state index < -0.39 is 6.10 Å². The number of thiazole rings is 1. The summed E-state index contributed by atoms with van der Waals surface area (Å²) in [6.07, 6.45) is -0.581. The summed E-state index contributed by atoms with van der Waals surface area (Å²) < 4.78 is 0. The molecule has 1 rings (SSSR count). The second-order valence-electron chi connectivity index (χ2n) is 4.24. The number of anilines is 1. The Hall–Kier alpha value is -1.47. The number of hydrogen-bond donors (Lipinski definition) is 3. The van der Waals surface area contributed by atoms with Gasteiger partial charge in [-0.05, 0) is 5.92 Å². The highest BCUT2D eigenvalue weighted by atomic mass is 32.1. The van der Waals surface area contributed by atoms with Crippen LogP contribution in [0.2, 0.25) is 0 Å². The van der Waals surface area contributed by atoms with E-state index in [2.05, 4.69) is 15.6 Å². The van der Waals surface area contributed by atoms with Gasteiger partial charge in [-0.25, -0.2) is 4.98 Å². The van der Waals surface area contributed by atoms with Crippen LogP contribution in [0.25, 0.3) is 0 Å². The fourth-order valence-corrected chi connectivity index (χ4v) is 1.85. The van der Waals surface area contributed by atoms with Crippen LogP contribution in [0.15, 0.2) is 5.38 Å². The molecule has 0 bridgehead atoms. The Morgan fingerprint density at radius 1 is 1.50 bits per heavy atom. The van der Waals surface area contributed by atoms with E-state index in [1.165, 1.54) is 18.3 Å². The molecule has 100 valence electrons. The van der Waals surface area contributed by atoms with E-state index >= 15 is 0 Å². The molecule has 0 aromatic carbocycles. The van der Waals surface area contributed by atoms with Crippen LogP contribution >= 0.6 is 11.3 Å². The second-order valence-corrected chi connectivity index (χ2v) is 5.10. The summed E-state index contributed by atoms with van der Waals surface area (Å²) in [4.78, 5) is 26.5. The van der Waals surface area contributed by atoms with Crippen molar-refractivity contribution in [1.29, 1.82) is 0 Å². The zero-order valence-electron chi connectivity index (χ0n) is 10.6. The van der Waals surface area contributed by atoms with Crippen LogP contribution in [0.1, 0.15) is 31.3 Å². The molecule has 3 N–H and O–H groups in total. The van der Waals surface area contributed by atoms with Crippen LogP contribution in [0, 0.1) is 5.92 Å². The highest BCUT2D eigenvalue weighted by Crippen LogP contribution is 2.15. The maximum Gasteiger partial charge on any atom is 0.270 e.